The van der Waals surface area contributed by atoms with Crippen molar-refractivity contribution >= 4 is 18.7 Å². The lowest BCUT2D eigenvalue weighted by molar-refractivity contribution is 0.247. The lowest BCUT2D eigenvalue weighted by Gasteiger charge is -1.84. The van der Waals surface area contributed by atoms with Crippen LogP contribution in [0.15, 0.2) is 12.4 Å². The van der Waals surface area contributed by atoms with Gasteiger partial charge in [0.1, 0.15) is 0 Å². The second-order valence-corrected chi connectivity index (χ2v) is 1.19. The van der Waals surface area contributed by atoms with Crippen LogP contribution in [0.3, 0.4) is 0 Å². The van der Waals surface area contributed by atoms with Gasteiger partial charge >= 0.3 is 6.03 Å². The molecular weight excluding hydrogens is 152 g/mol. The van der Waals surface area contributed by atoms with Crippen LogP contribution in [0, 0.1) is 0 Å². The number of aromatic nitrogens is 3. The molecule has 2 N–H and O–H groups in total. The van der Waals surface area contributed by atoms with E-state index in [4.69, 9.17) is 5.73 Å². The topological polar surface area (TPSA) is 73.8 Å². The van der Waals surface area contributed by atoms with E-state index in [0.717, 1.165) is 4.68 Å². The van der Waals surface area contributed by atoms with E-state index in [9.17, 15) is 4.79 Å². The molecule has 0 unspecified atom stereocenters. The molecule has 0 spiro atoms. The quantitative estimate of drug-likeness (QED) is 0.514. The highest BCUT2D eigenvalue weighted by Gasteiger charge is 1.93. The van der Waals surface area contributed by atoms with Gasteiger partial charge in [0.25, 0.3) is 0 Å². The number of carbonyl (C=O) groups is 1. The first-order chi connectivity index (χ1) is 4.80. The largest absolute Gasteiger partial charge is 0.350 e. The smallest absolute Gasteiger partial charge is 0.340 e. The van der Waals surface area contributed by atoms with Crippen LogP contribution in [-0.4, -0.2) is 27.3 Å². The van der Waals surface area contributed by atoms with Crippen LogP contribution in [0.1, 0.15) is 0 Å². The average Bonchev–Trinajstić information content (AvgIpc) is 2.42. The molecule has 0 saturated heterocycles. The van der Waals surface area contributed by atoms with Crippen molar-refractivity contribution in [3.05, 3.63) is 12.4 Å². The van der Waals surface area contributed by atoms with E-state index in [-0.39, 0.29) is 0 Å². The Morgan fingerprint density at radius 3 is 2.50 bits per heavy atom. The van der Waals surface area contributed by atoms with E-state index in [1.807, 2.05) is 0 Å². The molecule has 0 aliphatic heterocycles. The Labute approximate surface area is 63.6 Å². The number of carbonyl (C=O) groups excluding carboxylic acids is 1. The van der Waals surface area contributed by atoms with Crippen LogP contribution < -0.4 is 5.73 Å². The van der Waals surface area contributed by atoms with Gasteiger partial charge < -0.3 is 5.73 Å². The first-order valence-electron chi connectivity index (χ1n) is 2.41. The molecule has 0 aromatic carbocycles. The minimum Gasteiger partial charge on any atom is -0.350 e. The summed E-state index contributed by atoms with van der Waals surface area (Å²) >= 11 is 3.53. The molecule has 0 aliphatic carbocycles. The van der Waals surface area contributed by atoms with Gasteiger partial charge in [-0.1, -0.05) is 5.21 Å². The lowest BCUT2D eigenvalue weighted by Crippen LogP contribution is -2.19. The molecule has 10 heavy (non-hydrogen) atoms. The Kier molecular flexibility index (Phi) is 4.30. The van der Waals surface area contributed by atoms with Crippen LogP contribution in [0.25, 0.3) is 0 Å². The van der Waals surface area contributed by atoms with Crippen molar-refractivity contribution in [2.75, 3.05) is 6.26 Å². The van der Waals surface area contributed by atoms with Gasteiger partial charge in [-0.25, -0.2) is 4.79 Å². The molecule has 0 saturated carbocycles. The summed E-state index contributed by atoms with van der Waals surface area (Å²) in [6.45, 7) is 0. The fourth-order valence-corrected chi connectivity index (χ4v) is 0.326. The SMILES string of the molecule is CS.NC(=O)n1ccnn1. The molecule has 0 radical (unpaired) electrons. The summed E-state index contributed by atoms with van der Waals surface area (Å²) < 4.78 is 0.944. The first kappa shape index (κ1) is 8.96. The van der Waals surface area contributed by atoms with Crippen LogP contribution in [0.2, 0.25) is 0 Å². The molecule has 6 heteroatoms. The molecule has 1 amide bonds. The number of primary amides is 1. The van der Waals surface area contributed by atoms with Crippen molar-refractivity contribution in [1.82, 2.24) is 15.0 Å². The Morgan fingerprint density at radius 1 is 1.70 bits per heavy atom. The van der Waals surface area contributed by atoms with Gasteiger partial charge in [0, 0.05) is 0 Å². The van der Waals surface area contributed by atoms with E-state index < -0.39 is 6.03 Å². The van der Waals surface area contributed by atoms with Gasteiger partial charge in [-0.2, -0.15) is 17.3 Å². The zero-order chi connectivity index (χ0) is 7.98. The van der Waals surface area contributed by atoms with E-state index in [0.29, 0.717) is 0 Å². The average molecular weight is 160 g/mol. The number of thiol groups is 1. The third-order valence-corrected chi connectivity index (χ3v) is 0.648. The summed E-state index contributed by atoms with van der Waals surface area (Å²) in [7, 11) is 0. The monoisotopic (exact) mass is 160 g/mol. The summed E-state index contributed by atoms with van der Waals surface area (Å²) in [5.74, 6) is 0. The van der Waals surface area contributed by atoms with Crippen LogP contribution >= 0.6 is 12.6 Å². The van der Waals surface area contributed by atoms with Gasteiger partial charge in [0.15, 0.2) is 0 Å². The highest BCUT2D eigenvalue weighted by Crippen LogP contribution is 1.73. The first-order valence-corrected chi connectivity index (χ1v) is 3.31. The number of amides is 1. The Hall–Kier alpha value is -1.04. The number of nitrogens with zero attached hydrogens (tertiary/aromatic N) is 3. The van der Waals surface area contributed by atoms with Crippen LogP contribution in [-0.2, 0) is 0 Å². The molecule has 56 valence electrons. The van der Waals surface area contributed by atoms with Crippen LogP contribution in [0.4, 0.5) is 4.79 Å². The summed E-state index contributed by atoms with van der Waals surface area (Å²) in [5.41, 5.74) is 4.78. The Balaban J connectivity index is 0.000000371. The molecule has 1 aromatic heterocycles. The molecule has 0 fully saturated rings. The summed E-state index contributed by atoms with van der Waals surface area (Å²) in [5, 5.41) is 6.66. The highest BCUT2D eigenvalue weighted by molar-refractivity contribution is 7.79. The second kappa shape index (κ2) is 4.80. The van der Waals surface area contributed by atoms with Crippen LogP contribution in [0.5, 0.6) is 0 Å². The van der Waals surface area contributed by atoms with Gasteiger partial charge in [-0.3, -0.25) is 0 Å². The second-order valence-electron chi connectivity index (χ2n) is 1.19. The lowest BCUT2D eigenvalue weighted by atomic mass is 10.9. The Morgan fingerprint density at radius 2 is 2.30 bits per heavy atom. The van der Waals surface area contributed by atoms with Gasteiger partial charge in [0.05, 0.1) is 12.4 Å². The zero-order valence-electron chi connectivity index (χ0n) is 5.43. The summed E-state index contributed by atoms with van der Waals surface area (Å²) in [6, 6.07) is -0.623. The van der Waals surface area contributed by atoms with Crippen molar-refractivity contribution in [3.63, 3.8) is 0 Å². The predicted molar refractivity (Wildman–Crippen MR) is 39.9 cm³/mol. The molecule has 5 nitrogen and oxygen atoms in total. The van der Waals surface area contributed by atoms with E-state index in [1.165, 1.54) is 12.4 Å². The fraction of sp³-hybridized carbons (Fsp3) is 0.250. The third kappa shape index (κ3) is 2.49. The molecule has 0 aliphatic rings. The maximum Gasteiger partial charge on any atom is 0.340 e. The van der Waals surface area contributed by atoms with E-state index in [1.54, 1.807) is 6.26 Å². The number of rotatable bonds is 0. The molecule has 1 aromatic rings. The molecule has 1 rings (SSSR count). The third-order valence-electron chi connectivity index (χ3n) is 0.648. The van der Waals surface area contributed by atoms with Crippen molar-refractivity contribution in [2.45, 2.75) is 0 Å². The highest BCUT2D eigenvalue weighted by atomic mass is 32.1. The van der Waals surface area contributed by atoms with Gasteiger partial charge in [-0.15, -0.1) is 5.10 Å². The maximum absolute atomic E-state index is 10.1. The summed E-state index contributed by atoms with van der Waals surface area (Å²) in [4.78, 5) is 10.1. The van der Waals surface area contributed by atoms with Gasteiger partial charge in [0.2, 0.25) is 0 Å². The molecule has 0 bridgehead atoms. The minimum absolute atomic E-state index is 0.623. The Bertz CT molecular complexity index is 185. The van der Waals surface area contributed by atoms with Crippen molar-refractivity contribution in [1.29, 1.82) is 0 Å². The standard InChI is InChI=1S/C3H4N4O.CH4S/c4-3(8)7-2-1-5-6-7;1-2/h1-2H,(H2,4,8);2H,1H3. The molecular formula is C4H8N4OS. The van der Waals surface area contributed by atoms with Gasteiger partial charge in [-0.05, 0) is 6.26 Å². The number of nitrogens with two attached hydrogens (primary N) is 1. The number of hydrogen-bond donors (Lipinski definition) is 2. The van der Waals surface area contributed by atoms with E-state index >= 15 is 0 Å². The number of hydrogen-bond acceptors (Lipinski definition) is 4. The predicted octanol–water partition coefficient (Wildman–Crippen LogP) is -0.249. The van der Waals surface area contributed by atoms with Crippen molar-refractivity contribution in [3.8, 4) is 0 Å². The maximum atomic E-state index is 10.1. The molecule has 0 atom stereocenters. The molecule has 1 heterocycles. The zero-order valence-corrected chi connectivity index (χ0v) is 6.32. The van der Waals surface area contributed by atoms with E-state index in [2.05, 4.69) is 22.9 Å². The van der Waals surface area contributed by atoms with Crippen molar-refractivity contribution < 1.29 is 4.79 Å². The normalized spacial score (nSPS) is 7.80. The fourth-order valence-electron chi connectivity index (χ4n) is 0.326. The minimum atomic E-state index is -0.623. The summed E-state index contributed by atoms with van der Waals surface area (Å²) in [6.07, 6.45) is 4.45. The van der Waals surface area contributed by atoms with Crippen molar-refractivity contribution in [2.24, 2.45) is 5.73 Å².